The van der Waals surface area contributed by atoms with Gasteiger partial charge in [0.2, 0.25) is 17.2 Å². The normalized spacial score (nSPS) is 21.6. The van der Waals surface area contributed by atoms with E-state index in [9.17, 15) is 4.79 Å². The quantitative estimate of drug-likeness (QED) is 0.869. The van der Waals surface area contributed by atoms with Gasteiger partial charge in [0.05, 0.1) is 0 Å². The Bertz CT molecular complexity index is 820. The van der Waals surface area contributed by atoms with Gasteiger partial charge in [-0.25, -0.2) is 14.6 Å². The second-order valence-electron chi connectivity index (χ2n) is 7.87. The maximum absolute atomic E-state index is 12.8. The Hall–Kier alpha value is -2.45. The average molecular weight is 371 g/mol. The van der Waals surface area contributed by atoms with Crippen LogP contribution in [-0.4, -0.2) is 63.3 Å². The molecule has 3 fully saturated rings. The van der Waals surface area contributed by atoms with Crippen molar-refractivity contribution >= 4 is 28.8 Å². The van der Waals surface area contributed by atoms with Crippen LogP contribution >= 0.6 is 0 Å². The van der Waals surface area contributed by atoms with Crippen molar-refractivity contribution in [1.29, 1.82) is 0 Å². The minimum absolute atomic E-state index is 0.129. The van der Waals surface area contributed by atoms with Crippen LogP contribution < -0.4 is 10.2 Å². The van der Waals surface area contributed by atoms with E-state index in [-0.39, 0.29) is 5.92 Å². The zero-order chi connectivity index (χ0) is 18.2. The number of hydrogen-bond donors (Lipinski definition) is 1. The van der Waals surface area contributed by atoms with Gasteiger partial charge in [-0.2, -0.15) is 0 Å². The fraction of sp³-hybridized carbons (Fsp3) is 0.722. The van der Waals surface area contributed by atoms with Crippen molar-refractivity contribution in [2.75, 3.05) is 36.4 Å². The maximum Gasteiger partial charge on any atom is 0.245 e. The Morgan fingerprint density at radius 1 is 0.926 bits per heavy atom. The number of carbonyl (C=O) groups excluding carboxylic acids is 1. The monoisotopic (exact) mass is 371 g/mol. The van der Waals surface area contributed by atoms with Gasteiger partial charge in [0.15, 0.2) is 11.6 Å². The van der Waals surface area contributed by atoms with Gasteiger partial charge in [-0.1, -0.05) is 0 Å². The zero-order valence-electron chi connectivity index (χ0n) is 15.4. The van der Waals surface area contributed by atoms with E-state index in [2.05, 4.69) is 35.4 Å². The number of piperidine rings is 2. The Balaban J connectivity index is 1.30. The number of amides is 1. The van der Waals surface area contributed by atoms with Crippen LogP contribution in [0.3, 0.4) is 0 Å². The summed E-state index contributed by atoms with van der Waals surface area (Å²) in [4.78, 5) is 26.3. The molecule has 1 N–H and O–H groups in total. The molecule has 1 aliphatic carbocycles. The summed E-state index contributed by atoms with van der Waals surface area (Å²) in [5.74, 6) is 2.02. The highest BCUT2D eigenvalue weighted by Gasteiger charge is 2.32. The number of nitrogens with zero attached hydrogens (tertiary/aromatic N) is 6. The second kappa shape index (κ2) is 6.94. The van der Waals surface area contributed by atoms with Gasteiger partial charge >= 0.3 is 0 Å². The van der Waals surface area contributed by atoms with Gasteiger partial charge in [0.25, 0.3) is 0 Å². The molecule has 0 spiro atoms. The van der Waals surface area contributed by atoms with Crippen LogP contribution in [0.5, 0.6) is 0 Å². The lowest BCUT2D eigenvalue weighted by atomic mass is 9.94. The maximum atomic E-state index is 12.8. The first-order valence-corrected chi connectivity index (χ1v) is 10.1. The SMILES string of the molecule is O=C(C1CCN(c2nc3nonc3nc2NC2CC2)CC1)N1CCCCC1. The smallest absolute Gasteiger partial charge is 0.245 e. The van der Waals surface area contributed by atoms with Crippen LogP contribution in [0.2, 0.25) is 0 Å². The molecule has 1 saturated carbocycles. The van der Waals surface area contributed by atoms with Crippen molar-refractivity contribution in [2.45, 2.75) is 51.0 Å². The summed E-state index contributed by atoms with van der Waals surface area (Å²) in [6.45, 7) is 3.45. The number of hydrogen-bond acceptors (Lipinski definition) is 8. The summed E-state index contributed by atoms with van der Waals surface area (Å²) in [5, 5.41) is 11.1. The summed E-state index contributed by atoms with van der Waals surface area (Å²) >= 11 is 0. The van der Waals surface area contributed by atoms with E-state index in [0.717, 1.165) is 76.3 Å². The van der Waals surface area contributed by atoms with Crippen LogP contribution in [0.4, 0.5) is 11.6 Å². The second-order valence-corrected chi connectivity index (χ2v) is 7.87. The molecule has 0 radical (unpaired) electrons. The van der Waals surface area contributed by atoms with Crippen LogP contribution in [0, 0.1) is 5.92 Å². The lowest BCUT2D eigenvalue weighted by molar-refractivity contribution is -0.137. The lowest BCUT2D eigenvalue weighted by Crippen LogP contribution is -2.44. The minimum atomic E-state index is 0.129. The molecule has 2 aliphatic heterocycles. The molecule has 2 saturated heterocycles. The van der Waals surface area contributed by atoms with E-state index in [1.54, 1.807) is 0 Å². The molecule has 2 aromatic heterocycles. The molecule has 27 heavy (non-hydrogen) atoms. The van der Waals surface area contributed by atoms with E-state index in [1.807, 2.05) is 0 Å². The van der Waals surface area contributed by atoms with Crippen molar-refractivity contribution in [1.82, 2.24) is 25.2 Å². The van der Waals surface area contributed by atoms with Crippen LogP contribution in [0.25, 0.3) is 11.3 Å². The van der Waals surface area contributed by atoms with E-state index >= 15 is 0 Å². The molecule has 3 aliphatic rings. The molecular weight excluding hydrogens is 346 g/mol. The first kappa shape index (κ1) is 16.7. The predicted molar refractivity (Wildman–Crippen MR) is 99.4 cm³/mol. The van der Waals surface area contributed by atoms with E-state index in [0.29, 0.717) is 23.2 Å². The van der Waals surface area contributed by atoms with Crippen molar-refractivity contribution in [3.05, 3.63) is 0 Å². The number of fused-ring (bicyclic) bond motifs is 1. The predicted octanol–water partition coefficient (Wildman–Crippen LogP) is 1.82. The van der Waals surface area contributed by atoms with Crippen LogP contribution in [0.15, 0.2) is 4.63 Å². The molecule has 144 valence electrons. The Morgan fingerprint density at radius 2 is 1.63 bits per heavy atom. The fourth-order valence-electron chi connectivity index (χ4n) is 4.08. The van der Waals surface area contributed by atoms with Crippen LogP contribution in [0.1, 0.15) is 44.9 Å². The van der Waals surface area contributed by atoms with Gasteiger partial charge < -0.3 is 15.1 Å². The van der Waals surface area contributed by atoms with Gasteiger partial charge in [-0.3, -0.25) is 4.79 Å². The third kappa shape index (κ3) is 3.42. The first-order chi connectivity index (χ1) is 13.3. The van der Waals surface area contributed by atoms with Gasteiger partial charge in [-0.15, -0.1) is 0 Å². The van der Waals surface area contributed by atoms with E-state index in [1.165, 1.54) is 6.42 Å². The lowest BCUT2D eigenvalue weighted by Gasteiger charge is -2.36. The van der Waals surface area contributed by atoms with E-state index in [4.69, 9.17) is 4.63 Å². The number of nitrogens with one attached hydrogen (secondary N) is 1. The summed E-state index contributed by atoms with van der Waals surface area (Å²) in [7, 11) is 0. The molecule has 0 bridgehead atoms. The summed E-state index contributed by atoms with van der Waals surface area (Å²) in [6.07, 6.45) is 7.55. The Kier molecular flexibility index (Phi) is 4.29. The topological polar surface area (TPSA) is 100 Å². The molecular formula is C18H25N7O2. The van der Waals surface area contributed by atoms with Crippen LogP contribution in [-0.2, 0) is 4.79 Å². The number of aromatic nitrogens is 4. The van der Waals surface area contributed by atoms with Crippen molar-refractivity contribution < 1.29 is 9.42 Å². The van der Waals surface area contributed by atoms with Gasteiger partial charge in [0.1, 0.15) is 0 Å². The Labute approximate surface area is 157 Å². The molecule has 0 unspecified atom stereocenters. The number of carbonyl (C=O) groups is 1. The Morgan fingerprint density at radius 3 is 2.33 bits per heavy atom. The van der Waals surface area contributed by atoms with Gasteiger partial charge in [0, 0.05) is 38.1 Å². The molecule has 9 nitrogen and oxygen atoms in total. The summed E-state index contributed by atoms with van der Waals surface area (Å²) in [6, 6.07) is 0.466. The van der Waals surface area contributed by atoms with E-state index < -0.39 is 0 Å². The molecule has 4 heterocycles. The highest BCUT2D eigenvalue weighted by atomic mass is 16.6. The molecule has 5 rings (SSSR count). The standard InChI is InChI=1S/C18H25N7O2/c26-18(25-8-2-1-3-9-25)12-6-10-24(11-7-12)17-16(19-13-4-5-13)20-14-15(21-17)23-27-22-14/h12-13H,1-11H2,(H,19,20,22). The number of anilines is 2. The summed E-state index contributed by atoms with van der Waals surface area (Å²) in [5.41, 5.74) is 0.856. The third-order valence-corrected chi connectivity index (χ3v) is 5.83. The highest BCUT2D eigenvalue weighted by Crippen LogP contribution is 2.32. The molecule has 0 atom stereocenters. The minimum Gasteiger partial charge on any atom is -0.364 e. The zero-order valence-corrected chi connectivity index (χ0v) is 15.4. The molecule has 0 aromatic carbocycles. The fourth-order valence-corrected chi connectivity index (χ4v) is 4.08. The number of likely N-dealkylation sites (tertiary alicyclic amines) is 1. The summed E-state index contributed by atoms with van der Waals surface area (Å²) < 4.78 is 4.78. The van der Waals surface area contributed by atoms with Crippen molar-refractivity contribution in [2.24, 2.45) is 5.92 Å². The average Bonchev–Trinajstić information content (AvgIpc) is 3.42. The van der Waals surface area contributed by atoms with Crippen molar-refractivity contribution in [3.8, 4) is 0 Å². The first-order valence-electron chi connectivity index (χ1n) is 10.1. The molecule has 2 aromatic rings. The third-order valence-electron chi connectivity index (χ3n) is 5.83. The highest BCUT2D eigenvalue weighted by molar-refractivity contribution is 5.80. The van der Waals surface area contributed by atoms with Gasteiger partial charge in [-0.05, 0) is 55.3 Å². The largest absolute Gasteiger partial charge is 0.364 e. The van der Waals surface area contributed by atoms with Crippen molar-refractivity contribution in [3.63, 3.8) is 0 Å². The molecule has 9 heteroatoms. The molecule has 1 amide bonds. The number of rotatable bonds is 4.